The molecule has 0 atom stereocenters. The summed E-state index contributed by atoms with van der Waals surface area (Å²) in [5.41, 5.74) is 1.80. The Bertz CT molecular complexity index is 1310. The highest BCUT2D eigenvalue weighted by Crippen LogP contribution is 2.27. The van der Waals surface area contributed by atoms with Gasteiger partial charge in [-0.05, 0) is 42.8 Å². The number of carboxylic acid groups (broad SMARTS) is 1. The van der Waals surface area contributed by atoms with Gasteiger partial charge in [0.2, 0.25) is 0 Å². The second-order valence-corrected chi connectivity index (χ2v) is 9.91. The number of halogens is 1. The van der Waals surface area contributed by atoms with Crippen LogP contribution in [0.2, 0.25) is 0 Å². The molecule has 1 heterocycles. The molecule has 1 aliphatic heterocycles. The van der Waals surface area contributed by atoms with E-state index in [1.54, 1.807) is 43.3 Å². The first-order chi connectivity index (χ1) is 16.2. The lowest BCUT2D eigenvalue weighted by molar-refractivity contribution is 0.0698. The normalized spacial score (nSPS) is 14.7. The average molecular weight is 484 g/mol. The molecule has 7 nitrogen and oxygen atoms in total. The Morgan fingerprint density at radius 1 is 1.00 bits per heavy atom. The van der Waals surface area contributed by atoms with Crippen LogP contribution in [0, 0.1) is 12.7 Å². The first kappa shape index (κ1) is 23.7. The lowest BCUT2D eigenvalue weighted by Gasteiger charge is -2.36. The van der Waals surface area contributed by atoms with Gasteiger partial charge in [-0.15, -0.1) is 0 Å². The summed E-state index contributed by atoms with van der Waals surface area (Å²) >= 11 is 0. The van der Waals surface area contributed by atoms with Crippen molar-refractivity contribution in [3.05, 3.63) is 89.2 Å². The highest BCUT2D eigenvalue weighted by Gasteiger charge is 2.23. The van der Waals surface area contributed by atoms with Crippen molar-refractivity contribution >= 4 is 27.4 Å². The maximum absolute atomic E-state index is 14.0. The molecule has 1 fully saturated rings. The SMILES string of the molecule is Cc1ccccc1S(=O)(=O)Nc1ccc(N2CCN(Cc3ccccc3F)CC2)cc1C(=O)O. The van der Waals surface area contributed by atoms with Crippen molar-refractivity contribution in [1.29, 1.82) is 0 Å². The number of carbonyl (C=O) groups is 1. The van der Waals surface area contributed by atoms with E-state index in [-0.39, 0.29) is 22.0 Å². The summed E-state index contributed by atoms with van der Waals surface area (Å²) in [5, 5.41) is 9.75. The summed E-state index contributed by atoms with van der Waals surface area (Å²) in [6.45, 7) is 4.86. The van der Waals surface area contributed by atoms with Gasteiger partial charge >= 0.3 is 5.97 Å². The molecule has 0 unspecified atom stereocenters. The summed E-state index contributed by atoms with van der Waals surface area (Å²) in [5.74, 6) is -1.44. The van der Waals surface area contributed by atoms with Crippen LogP contribution >= 0.6 is 0 Å². The molecule has 4 rings (SSSR count). The third kappa shape index (κ3) is 5.21. The molecule has 0 saturated carbocycles. The van der Waals surface area contributed by atoms with Crippen LogP contribution in [-0.2, 0) is 16.6 Å². The third-order valence-electron chi connectivity index (χ3n) is 5.95. The van der Waals surface area contributed by atoms with Crippen LogP contribution in [0.1, 0.15) is 21.5 Å². The van der Waals surface area contributed by atoms with Gasteiger partial charge in [0.05, 0.1) is 16.1 Å². The lowest BCUT2D eigenvalue weighted by atomic mass is 10.1. The number of nitrogens with zero attached hydrogens (tertiary/aromatic N) is 2. The molecule has 0 bridgehead atoms. The van der Waals surface area contributed by atoms with Crippen LogP contribution in [0.4, 0.5) is 15.8 Å². The number of anilines is 2. The summed E-state index contributed by atoms with van der Waals surface area (Å²) in [6, 6.07) is 17.9. The minimum atomic E-state index is -3.94. The molecule has 1 aliphatic rings. The molecular weight excluding hydrogens is 457 g/mol. The number of sulfonamides is 1. The molecule has 2 N–H and O–H groups in total. The van der Waals surface area contributed by atoms with Crippen LogP contribution < -0.4 is 9.62 Å². The van der Waals surface area contributed by atoms with E-state index in [4.69, 9.17) is 0 Å². The van der Waals surface area contributed by atoms with Gasteiger partial charge in [-0.3, -0.25) is 9.62 Å². The molecular formula is C25H26FN3O4S. The van der Waals surface area contributed by atoms with Crippen LogP contribution in [0.25, 0.3) is 0 Å². The zero-order chi connectivity index (χ0) is 24.3. The van der Waals surface area contributed by atoms with Crippen LogP contribution in [-0.4, -0.2) is 50.6 Å². The quantitative estimate of drug-likeness (QED) is 0.529. The van der Waals surface area contributed by atoms with Gasteiger partial charge in [0.1, 0.15) is 5.82 Å². The number of rotatable bonds is 7. The Hall–Kier alpha value is -3.43. The number of piperazine rings is 1. The van der Waals surface area contributed by atoms with Crippen molar-refractivity contribution in [2.45, 2.75) is 18.4 Å². The minimum Gasteiger partial charge on any atom is -0.478 e. The van der Waals surface area contributed by atoms with Crippen LogP contribution in [0.3, 0.4) is 0 Å². The molecule has 9 heteroatoms. The second-order valence-electron chi connectivity index (χ2n) is 8.26. The fourth-order valence-electron chi connectivity index (χ4n) is 4.08. The van der Waals surface area contributed by atoms with Crippen molar-refractivity contribution in [3.8, 4) is 0 Å². The second kappa shape index (κ2) is 9.82. The number of hydrogen-bond donors (Lipinski definition) is 2. The van der Waals surface area contributed by atoms with Gasteiger partial charge < -0.3 is 10.0 Å². The summed E-state index contributed by atoms with van der Waals surface area (Å²) in [4.78, 5) is 16.2. The smallest absolute Gasteiger partial charge is 0.337 e. The van der Waals surface area contributed by atoms with E-state index < -0.39 is 16.0 Å². The van der Waals surface area contributed by atoms with Crippen molar-refractivity contribution < 1.29 is 22.7 Å². The fraction of sp³-hybridized carbons (Fsp3) is 0.240. The van der Waals surface area contributed by atoms with Crippen molar-refractivity contribution in [3.63, 3.8) is 0 Å². The zero-order valence-corrected chi connectivity index (χ0v) is 19.6. The van der Waals surface area contributed by atoms with E-state index in [0.717, 1.165) is 0 Å². The Morgan fingerprint density at radius 2 is 1.68 bits per heavy atom. The molecule has 0 amide bonds. The Morgan fingerprint density at radius 3 is 2.35 bits per heavy atom. The number of benzene rings is 3. The molecule has 0 radical (unpaired) electrons. The standard InChI is InChI=1S/C25H26FN3O4S/c1-18-6-2-5-9-24(18)34(32,33)27-23-11-10-20(16-21(23)25(30)31)29-14-12-28(13-15-29)17-19-7-3-4-8-22(19)26/h2-11,16,27H,12-15,17H2,1H3,(H,30,31). The number of carboxylic acids is 1. The van der Waals surface area contributed by atoms with Gasteiger partial charge in [-0.2, -0.15) is 0 Å². The van der Waals surface area contributed by atoms with Crippen LogP contribution in [0.5, 0.6) is 0 Å². The van der Waals surface area contributed by atoms with Gasteiger partial charge in [-0.25, -0.2) is 17.6 Å². The van der Waals surface area contributed by atoms with E-state index in [0.29, 0.717) is 49.5 Å². The van der Waals surface area contributed by atoms with Gasteiger partial charge in [0.25, 0.3) is 10.0 Å². The topological polar surface area (TPSA) is 90.0 Å². The lowest BCUT2D eigenvalue weighted by Crippen LogP contribution is -2.46. The molecule has 34 heavy (non-hydrogen) atoms. The predicted octanol–water partition coefficient (Wildman–Crippen LogP) is 3.96. The molecule has 3 aromatic rings. The number of hydrogen-bond acceptors (Lipinski definition) is 5. The molecule has 0 spiro atoms. The van der Waals surface area contributed by atoms with Crippen molar-refractivity contribution in [1.82, 2.24) is 4.90 Å². The zero-order valence-electron chi connectivity index (χ0n) is 18.7. The van der Waals surface area contributed by atoms with Gasteiger partial charge in [0.15, 0.2) is 0 Å². The molecule has 3 aromatic carbocycles. The maximum Gasteiger partial charge on any atom is 0.337 e. The predicted molar refractivity (Wildman–Crippen MR) is 129 cm³/mol. The van der Waals surface area contributed by atoms with E-state index in [2.05, 4.69) is 9.62 Å². The average Bonchev–Trinajstić information content (AvgIpc) is 2.81. The molecule has 178 valence electrons. The van der Waals surface area contributed by atoms with Gasteiger partial charge in [0, 0.05) is 44.0 Å². The highest BCUT2D eigenvalue weighted by atomic mass is 32.2. The largest absolute Gasteiger partial charge is 0.478 e. The minimum absolute atomic E-state index is 0.0118. The van der Waals surface area contributed by atoms with E-state index in [1.165, 1.54) is 24.3 Å². The number of nitrogens with one attached hydrogen (secondary N) is 1. The molecule has 1 saturated heterocycles. The van der Waals surface area contributed by atoms with Crippen molar-refractivity contribution in [2.24, 2.45) is 0 Å². The first-order valence-corrected chi connectivity index (χ1v) is 12.4. The first-order valence-electron chi connectivity index (χ1n) is 10.9. The number of aryl methyl sites for hydroxylation is 1. The Balaban J connectivity index is 1.48. The van der Waals surface area contributed by atoms with E-state index in [9.17, 15) is 22.7 Å². The van der Waals surface area contributed by atoms with Gasteiger partial charge in [-0.1, -0.05) is 36.4 Å². The summed E-state index contributed by atoms with van der Waals surface area (Å²) in [7, 11) is -3.94. The molecule has 0 aliphatic carbocycles. The van der Waals surface area contributed by atoms with E-state index in [1.807, 2.05) is 11.0 Å². The maximum atomic E-state index is 14.0. The number of aromatic carboxylic acids is 1. The van der Waals surface area contributed by atoms with Crippen LogP contribution in [0.15, 0.2) is 71.6 Å². The monoisotopic (exact) mass is 483 g/mol. The Labute approximate surface area is 198 Å². The summed E-state index contributed by atoms with van der Waals surface area (Å²) < 4.78 is 42.1. The van der Waals surface area contributed by atoms with Crippen molar-refractivity contribution in [2.75, 3.05) is 35.8 Å². The Kier molecular flexibility index (Phi) is 6.85. The third-order valence-corrected chi connectivity index (χ3v) is 7.48. The summed E-state index contributed by atoms with van der Waals surface area (Å²) in [6.07, 6.45) is 0. The fourth-order valence-corrected chi connectivity index (χ4v) is 5.41. The van der Waals surface area contributed by atoms with E-state index >= 15 is 0 Å². The highest BCUT2D eigenvalue weighted by molar-refractivity contribution is 7.92. The molecule has 0 aromatic heterocycles.